The van der Waals surface area contributed by atoms with Crippen molar-refractivity contribution in [3.05, 3.63) is 23.8 Å². The Balaban J connectivity index is 3.10. The summed E-state index contributed by atoms with van der Waals surface area (Å²) in [6, 6.07) is 4.48. The monoisotopic (exact) mass is 250 g/mol. The molecule has 1 rings (SSSR count). The van der Waals surface area contributed by atoms with Crippen molar-refractivity contribution in [2.24, 2.45) is 11.7 Å². The van der Waals surface area contributed by atoms with Crippen LogP contribution < -0.4 is 10.6 Å². The number of aromatic hydroxyl groups is 1. The maximum absolute atomic E-state index is 12.3. The molecule has 1 atom stereocenters. The Morgan fingerprint density at radius 1 is 1.44 bits per heavy atom. The number of amides is 1. The number of carbonyl (C=O) groups is 1. The van der Waals surface area contributed by atoms with Gasteiger partial charge in [-0.25, -0.2) is 0 Å². The van der Waals surface area contributed by atoms with Crippen LogP contribution in [0.15, 0.2) is 18.2 Å². The minimum Gasteiger partial charge on any atom is -0.508 e. The van der Waals surface area contributed by atoms with Crippen molar-refractivity contribution >= 4 is 11.6 Å². The molecule has 0 spiro atoms. The Kier molecular flexibility index (Phi) is 4.73. The molecule has 0 unspecified atom stereocenters. The molecule has 0 radical (unpaired) electrons. The number of phenols is 1. The molecule has 18 heavy (non-hydrogen) atoms. The SMILES string of the molecule is CCN(C(=O)[C@@H](N)C(C)C)c1cc(O)ccc1C. The van der Waals surface area contributed by atoms with Crippen LogP contribution in [-0.2, 0) is 4.79 Å². The van der Waals surface area contributed by atoms with Crippen molar-refractivity contribution in [1.29, 1.82) is 0 Å². The number of phenolic OH excluding ortho intramolecular Hbond substituents is 1. The lowest BCUT2D eigenvalue weighted by atomic mass is 10.0. The molecular weight excluding hydrogens is 228 g/mol. The molecule has 1 aromatic rings. The molecule has 0 saturated carbocycles. The summed E-state index contributed by atoms with van der Waals surface area (Å²) in [6.45, 7) is 8.18. The van der Waals surface area contributed by atoms with Crippen LogP contribution >= 0.6 is 0 Å². The van der Waals surface area contributed by atoms with Crippen LogP contribution in [0.4, 0.5) is 5.69 Å². The first-order valence-electron chi connectivity index (χ1n) is 6.25. The van der Waals surface area contributed by atoms with E-state index in [-0.39, 0.29) is 17.6 Å². The zero-order valence-corrected chi connectivity index (χ0v) is 11.5. The van der Waals surface area contributed by atoms with E-state index < -0.39 is 6.04 Å². The topological polar surface area (TPSA) is 66.6 Å². The van der Waals surface area contributed by atoms with Gasteiger partial charge in [0.15, 0.2) is 0 Å². The van der Waals surface area contributed by atoms with Crippen LogP contribution in [0, 0.1) is 12.8 Å². The van der Waals surface area contributed by atoms with Gasteiger partial charge in [0, 0.05) is 12.6 Å². The van der Waals surface area contributed by atoms with Crippen molar-refractivity contribution in [1.82, 2.24) is 0 Å². The highest BCUT2D eigenvalue weighted by molar-refractivity contribution is 5.98. The lowest BCUT2D eigenvalue weighted by Gasteiger charge is -2.27. The van der Waals surface area contributed by atoms with E-state index >= 15 is 0 Å². The number of rotatable bonds is 4. The second kappa shape index (κ2) is 5.87. The van der Waals surface area contributed by atoms with E-state index in [4.69, 9.17) is 5.73 Å². The Bertz CT molecular complexity index is 430. The molecule has 0 fully saturated rings. The summed E-state index contributed by atoms with van der Waals surface area (Å²) in [7, 11) is 0. The summed E-state index contributed by atoms with van der Waals surface area (Å²) in [4.78, 5) is 13.9. The standard InChI is InChI=1S/C14H22N2O2/c1-5-16(14(18)13(15)9(2)3)12-8-11(17)7-6-10(12)4/h6-9,13,17H,5,15H2,1-4H3/t13-/m0/s1. The van der Waals surface area contributed by atoms with E-state index in [1.54, 1.807) is 23.1 Å². The molecule has 1 amide bonds. The van der Waals surface area contributed by atoms with Gasteiger partial charge < -0.3 is 15.7 Å². The van der Waals surface area contributed by atoms with E-state index in [2.05, 4.69) is 0 Å². The van der Waals surface area contributed by atoms with Gasteiger partial charge in [0.05, 0.1) is 11.7 Å². The third-order valence-electron chi connectivity index (χ3n) is 3.07. The summed E-state index contributed by atoms with van der Waals surface area (Å²) in [5.74, 6) is 0.130. The molecule has 0 aliphatic rings. The summed E-state index contributed by atoms with van der Waals surface area (Å²) in [5, 5.41) is 9.54. The number of aryl methyl sites for hydroxylation is 1. The number of carbonyl (C=O) groups excluding carboxylic acids is 1. The molecule has 1 aromatic carbocycles. The third kappa shape index (κ3) is 3.01. The van der Waals surface area contributed by atoms with Crippen LogP contribution in [0.1, 0.15) is 26.3 Å². The molecule has 4 nitrogen and oxygen atoms in total. The molecule has 0 aliphatic heterocycles. The largest absolute Gasteiger partial charge is 0.508 e. The fourth-order valence-electron chi connectivity index (χ4n) is 1.80. The zero-order chi connectivity index (χ0) is 13.9. The predicted molar refractivity (Wildman–Crippen MR) is 73.7 cm³/mol. The first kappa shape index (κ1) is 14.5. The summed E-state index contributed by atoms with van der Waals surface area (Å²) < 4.78 is 0. The van der Waals surface area contributed by atoms with Crippen LogP contribution in [0.2, 0.25) is 0 Å². The van der Waals surface area contributed by atoms with Crippen molar-refractivity contribution in [3.8, 4) is 5.75 Å². The van der Waals surface area contributed by atoms with E-state index in [0.29, 0.717) is 6.54 Å². The van der Waals surface area contributed by atoms with Gasteiger partial charge in [0.1, 0.15) is 5.75 Å². The minimum atomic E-state index is -0.522. The number of nitrogens with zero attached hydrogens (tertiary/aromatic N) is 1. The quantitative estimate of drug-likeness (QED) is 0.859. The molecule has 3 N–H and O–H groups in total. The number of hydrogen-bond donors (Lipinski definition) is 2. The number of nitrogens with two attached hydrogens (primary N) is 1. The number of benzene rings is 1. The molecule has 0 saturated heterocycles. The van der Waals surface area contributed by atoms with E-state index in [0.717, 1.165) is 11.3 Å². The first-order valence-corrected chi connectivity index (χ1v) is 6.25. The normalized spacial score (nSPS) is 12.6. The van der Waals surface area contributed by atoms with E-state index in [1.165, 1.54) is 0 Å². The molecule has 100 valence electrons. The Labute approximate surface area is 108 Å². The van der Waals surface area contributed by atoms with Crippen LogP contribution in [0.3, 0.4) is 0 Å². The third-order valence-corrected chi connectivity index (χ3v) is 3.07. The Hall–Kier alpha value is -1.55. The fraction of sp³-hybridized carbons (Fsp3) is 0.500. The van der Waals surface area contributed by atoms with Crippen LogP contribution in [0.5, 0.6) is 5.75 Å². The van der Waals surface area contributed by atoms with Gasteiger partial charge in [0.25, 0.3) is 0 Å². The summed E-state index contributed by atoms with van der Waals surface area (Å²) in [6.07, 6.45) is 0. The van der Waals surface area contributed by atoms with Gasteiger partial charge in [-0.2, -0.15) is 0 Å². The zero-order valence-electron chi connectivity index (χ0n) is 11.5. The predicted octanol–water partition coefficient (Wildman–Crippen LogP) is 2.04. The van der Waals surface area contributed by atoms with Gasteiger partial charge in [-0.1, -0.05) is 19.9 Å². The van der Waals surface area contributed by atoms with Gasteiger partial charge in [-0.05, 0) is 31.4 Å². The second-order valence-corrected chi connectivity index (χ2v) is 4.82. The van der Waals surface area contributed by atoms with Crippen molar-refractivity contribution in [2.75, 3.05) is 11.4 Å². The van der Waals surface area contributed by atoms with Crippen molar-refractivity contribution in [3.63, 3.8) is 0 Å². The Morgan fingerprint density at radius 2 is 2.06 bits per heavy atom. The van der Waals surface area contributed by atoms with Gasteiger partial charge in [-0.3, -0.25) is 4.79 Å². The van der Waals surface area contributed by atoms with E-state index in [1.807, 2.05) is 27.7 Å². The molecule has 4 heteroatoms. The maximum Gasteiger partial charge on any atom is 0.244 e. The van der Waals surface area contributed by atoms with Crippen LogP contribution in [0.25, 0.3) is 0 Å². The van der Waals surface area contributed by atoms with Gasteiger partial charge >= 0.3 is 0 Å². The molecule has 0 heterocycles. The minimum absolute atomic E-state index is 0.0872. The highest BCUT2D eigenvalue weighted by Gasteiger charge is 2.24. The lowest BCUT2D eigenvalue weighted by molar-refractivity contribution is -0.120. The number of likely N-dealkylation sites (N-methyl/N-ethyl adjacent to an activating group) is 1. The number of hydrogen-bond acceptors (Lipinski definition) is 3. The fourth-order valence-corrected chi connectivity index (χ4v) is 1.80. The van der Waals surface area contributed by atoms with E-state index in [9.17, 15) is 9.90 Å². The number of anilines is 1. The van der Waals surface area contributed by atoms with Crippen LogP contribution in [-0.4, -0.2) is 23.6 Å². The average Bonchev–Trinajstić information content (AvgIpc) is 2.33. The maximum atomic E-state index is 12.3. The smallest absolute Gasteiger partial charge is 0.244 e. The van der Waals surface area contributed by atoms with Gasteiger partial charge in [-0.15, -0.1) is 0 Å². The molecule has 0 bridgehead atoms. The Morgan fingerprint density at radius 3 is 2.56 bits per heavy atom. The molecule has 0 aromatic heterocycles. The molecule has 0 aliphatic carbocycles. The second-order valence-electron chi connectivity index (χ2n) is 4.82. The summed E-state index contributed by atoms with van der Waals surface area (Å²) >= 11 is 0. The average molecular weight is 250 g/mol. The van der Waals surface area contributed by atoms with Crippen molar-refractivity contribution < 1.29 is 9.90 Å². The first-order chi connectivity index (χ1) is 8.38. The van der Waals surface area contributed by atoms with Crippen molar-refractivity contribution in [2.45, 2.75) is 33.7 Å². The lowest BCUT2D eigenvalue weighted by Crippen LogP contribution is -2.46. The highest BCUT2D eigenvalue weighted by atomic mass is 16.3. The summed E-state index contributed by atoms with van der Waals surface area (Å²) in [5.41, 5.74) is 7.57. The highest BCUT2D eigenvalue weighted by Crippen LogP contribution is 2.25. The molecular formula is C14H22N2O2. The van der Waals surface area contributed by atoms with Gasteiger partial charge in [0.2, 0.25) is 5.91 Å².